The third-order valence-electron chi connectivity index (χ3n) is 2.83. The number of carbonyl (C=O) groups is 2. The van der Waals surface area contributed by atoms with E-state index in [1.807, 2.05) is 0 Å². The number of amides is 1. The van der Waals surface area contributed by atoms with Crippen molar-refractivity contribution in [1.29, 1.82) is 0 Å². The predicted octanol–water partition coefficient (Wildman–Crippen LogP) is 1.82. The Labute approximate surface area is 93.5 Å². The van der Waals surface area contributed by atoms with Gasteiger partial charge in [0.25, 0.3) is 0 Å². The zero-order valence-corrected chi connectivity index (χ0v) is 9.06. The summed E-state index contributed by atoms with van der Waals surface area (Å²) in [6, 6.07) is 5.00. The molecule has 16 heavy (non-hydrogen) atoms. The van der Waals surface area contributed by atoms with Gasteiger partial charge < -0.3 is 10.0 Å². The lowest BCUT2D eigenvalue weighted by Gasteiger charge is -2.16. The number of carboxylic acids is 1. The first-order valence-electron chi connectivity index (χ1n) is 5.24. The minimum Gasteiger partial charge on any atom is -0.478 e. The highest BCUT2D eigenvalue weighted by Gasteiger charge is 2.22. The lowest BCUT2D eigenvalue weighted by molar-refractivity contribution is -0.117. The molecule has 0 radical (unpaired) electrons. The zero-order valence-electron chi connectivity index (χ0n) is 9.06. The molecule has 0 aromatic heterocycles. The number of benzene rings is 1. The molecule has 0 unspecified atom stereocenters. The Morgan fingerprint density at radius 1 is 1.44 bits per heavy atom. The van der Waals surface area contributed by atoms with Crippen molar-refractivity contribution in [2.75, 3.05) is 11.4 Å². The van der Waals surface area contributed by atoms with E-state index in [1.165, 1.54) is 0 Å². The maximum absolute atomic E-state index is 11.5. The van der Waals surface area contributed by atoms with Crippen LogP contribution in [-0.4, -0.2) is 23.5 Å². The van der Waals surface area contributed by atoms with E-state index in [1.54, 1.807) is 30.0 Å². The number of anilines is 1. The summed E-state index contributed by atoms with van der Waals surface area (Å²) in [6.45, 7) is 2.47. The molecule has 0 atom stereocenters. The number of carboxylic acid groups (broad SMARTS) is 1. The molecule has 1 aliphatic heterocycles. The molecule has 1 aliphatic rings. The molecule has 84 valence electrons. The van der Waals surface area contributed by atoms with E-state index < -0.39 is 5.97 Å². The summed E-state index contributed by atoms with van der Waals surface area (Å²) >= 11 is 0. The smallest absolute Gasteiger partial charge is 0.335 e. The molecule has 0 aliphatic carbocycles. The number of hydrogen-bond acceptors (Lipinski definition) is 2. The Hall–Kier alpha value is -1.84. The van der Waals surface area contributed by atoms with Crippen molar-refractivity contribution in [2.24, 2.45) is 0 Å². The Bertz CT molecular complexity index is 454. The van der Waals surface area contributed by atoms with Gasteiger partial charge in [-0.05, 0) is 37.1 Å². The van der Waals surface area contributed by atoms with Crippen LogP contribution in [-0.2, 0) is 4.79 Å². The minimum atomic E-state index is -0.934. The normalized spacial score (nSPS) is 15.6. The second-order valence-corrected chi connectivity index (χ2v) is 3.95. The van der Waals surface area contributed by atoms with Crippen molar-refractivity contribution in [1.82, 2.24) is 0 Å². The van der Waals surface area contributed by atoms with Gasteiger partial charge in [0.15, 0.2) is 0 Å². The highest BCUT2D eigenvalue weighted by molar-refractivity contribution is 5.96. The van der Waals surface area contributed by atoms with Crippen LogP contribution in [0.25, 0.3) is 0 Å². The monoisotopic (exact) mass is 219 g/mol. The van der Waals surface area contributed by atoms with Crippen molar-refractivity contribution in [3.8, 4) is 0 Å². The van der Waals surface area contributed by atoms with E-state index in [2.05, 4.69) is 0 Å². The summed E-state index contributed by atoms with van der Waals surface area (Å²) in [5.41, 5.74) is 1.77. The van der Waals surface area contributed by atoms with Gasteiger partial charge in [-0.3, -0.25) is 4.79 Å². The van der Waals surface area contributed by atoms with Gasteiger partial charge in [0, 0.05) is 18.7 Å². The van der Waals surface area contributed by atoms with Crippen molar-refractivity contribution in [3.05, 3.63) is 29.3 Å². The molecule has 1 fully saturated rings. The van der Waals surface area contributed by atoms with Gasteiger partial charge in [-0.1, -0.05) is 0 Å². The van der Waals surface area contributed by atoms with Gasteiger partial charge in [0.05, 0.1) is 5.56 Å². The maximum Gasteiger partial charge on any atom is 0.335 e. The second kappa shape index (κ2) is 3.96. The molecule has 1 aromatic carbocycles. The quantitative estimate of drug-likeness (QED) is 0.825. The van der Waals surface area contributed by atoms with E-state index in [0.717, 1.165) is 18.7 Å². The first-order chi connectivity index (χ1) is 7.59. The lowest BCUT2D eigenvalue weighted by atomic mass is 10.1. The first-order valence-corrected chi connectivity index (χ1v) is 5.24. The Balaban J connectivity index is 2.34. The van der Waals surface area contributed by atoms with Gasteiger partial charge in [0.2, 0.25) is 5.91 Å². The molecule has 1 aromatic rings. The molecule has 4 nitrogen and oxygen atoms in total. The zero-order chi connectivity index (χ0) is 11.7. The van der Waals surface area contributed by atoms with Crippen molar-refractivity contribution >= 4 is 17.6 Å². The third kappa shape index (κ3) is 1.78. The molecule has 1 saturated heterocycles. The fourth-order valence-corrected chi connectivity index (χ4v) is 1.98. The van der Waals surface area contributed by atoms with Gasteiger partial charge >= 0.3 is 5.97 Å². The highest BCUT2D eigenvalue weighted by Crippen LogP contribution is 2.23. The van der Waals surface area contributed by atoms with Gasteiger partial charge in [0.1, 0.15) is 0 Å². The summed E-state index contributed by atoms with van der Waals surface area (Å²) in [5, 5.41) is 8.89. The topological polar surface area (TPSA) is 57.6 Å². The van der Waals surface area contributed by atoms with Crippen molar-refractivity contribution in [3.63, 3.8) is 0 Å². The summed E-state index contributed by atoms with van der Waals surface area (Å²) < 4.78 is 0. The summed E-state index contributed by atoms with van der Waals surface area (Å²) in [4.78, 5) is 24.1. The number of nitrogens with zero attached hydrogens (tertiary/aromatic N) is 1. The number of carbonyl (C=O) groups excluding carboxylic acids is 1. The molecule has 1 heterocycles. The Kier molecular flexibility index (Phi) is 2.64. The Morgan fingerprint density at radius 3 is 2.69 bits per heavy atom. The molecule has 4 heteroatoms. The summed E-state index contributed by atoms with van der Waals surface area (Å²) in [6.07, 6.45) is 1.46. The van der Waals surface area contributed by atoms with E-state index in [0.29, 0.717) is 12.0 Å². The van der Waals surface area contributed by atoms with Crippen LogP contribution in [0.4, 0.5) is 5.69 Å². The van der Waals surface area contributed by atoms with Gasteiger partial charge in [-0.15, -0.1) is 0 Å². The molecule has 0 bridgehead atoms. The molecular weight excluding hydrogens is 206 g/mol. The fraction of sp³-hybridized carbons (Fsp3) is 0.333. The first kappa shape index (κ1) is 10.7. The van der Waals surface area contributed by atoms with E-state index in [4.69, 9.17) is 5.11 Å². The number of aryl methyl sites for hydroxylation is 1. The van der Waals surface area contributed by atoms with E-state index >= 15 is 0 Å². The fourth-order valence-electron chi connectivity index (χ4n) is 1.98. The second-order valence-electron chi connectivity index (χ2n) is 3.95. The summed E-state index contributed by atoms with van der Waals surface area (Å²) in [7, 11) is 0. The van der Waals surface area contributed by atoms with E-state index in [9.17, 15) is 9.59 Å². The van der Waals surface area contributed by atoms with Crippen molar-refractivity contribution < 1.29 is 14.7 Å². The van der Waals surface area contributed by atoms with Gasteiger partial charge in [-0.2, -0.15) is 0 Å². The van der Waals surface area contributed by atoms with Crippen LogP contribution in [0.15, 0.2) is 18.2 Å². The molecule has 1 N–H and O–H groups in total. The SMILES string of the molecule is Cc1cc(N2CCCC2=O)ccc1C(=O)O. The number of aromatic carboxylic acids is 1. The maximum atomic E-state index is 11.5. The largest absolute Gasteiger partial charge is 0.478 e. The lowest BCUT2D eigenvalue weighted by Crippen LogP contribution is -2.23. The average molecular weight is 219 g/mol. The number of rotatable bonds is 2. The van der Waals surface area contributed by atoms with Crippen LogP contribution >= 0.6 is 0 Å². The standard InChI is InChI=1S/C12H13NO3/c1-8-7-9(4-5-10(8)12(15)16)13-6-2-3-11(13)14/h4-5,7H,2-3,6H2,1H3,(H,15,16). The van der Waals surface area contributed by atoms with Crippen LogP contribution < -0.4 is 4.90 Å². The predicted molar refractivity (Wildman–Crippen MR) is 59.7 cm³/mol. The van der Waals surface area contributed by atoms with Crippen LogP contribution in [0.1, 0.15) is 28.8 Å². The van der Waals surface area contributed by atoms with Crippen LogP contribution in [0.2, 0.25) is 0 Å². The Morgan fingerprint density at radius 2 is 2.19 bits per heavy atom. The van der Waals surface area contributed by atoms with Crippen LogP contribution in [0.5, 0.6) is 0 Å². The molecular formula is C12H13NO3. The average Bonchev–Trinajstić information content (AvgIpc) is 2.63. The minimum absolute atomic E-state index is 0.113. The number of hydrogen-bond donors (Lipinski definition) is 1. The molecule has 0 spiro atoms. The van der Waals surface area contributed by atoms with Gasteiger partial charge in [-0.25, -0.2) is 4.79 Å². The van der Waals surface area contributed by atoms with Crippen LogP contribution in [0.3, 0.4) is 0 Å². The molecule has 0 saturated carbocycles. The molecule has 2 rings (SSSR count). The third-order valence-corrected chi connectivity index (χ3v) is 2.83. The molecule has 1 amide bonds. The summed E-state index contributed by atoms with van der Waals surface area (Å²) in [5.74, 6) is -0.820. The van der Waals surface area contributed by atoms with Crippen molar-refractivity contribution in [2.45, 2.75) is 19.8 Å². The van der Waals surface area contributed by atoms with Crippen LogP contribution in [0, 0.1) is 6.92 Å². The highest BCUT2D eigenvalue weighted by atomic mass is 16.4. The van der Waals surface area contributed by atoms with E-state index in [-0.39, 0.29) is 11.5 Å².